The number of benzene rings is 1. The van der Waals surface area contributed by atoms with Gasteiger partial charge < -0.3 is 19.9 Å². The summed E-state index contributed by atoms with van der Waals surface area (Å²) < 4.78 is 10.9. The molecule has 0 aromatic heterocycles. The molecular formula is C13H15NO4. The average molecular weight is 249 g/mol. The lowest BCUT2D eigenvalue weighted by atomic mass is 10.1. The van der Waals surface area contributed by atoms with E-state index in [1.165, 1.54) is 0 Å². The number of carboxylic acids is 1. The topological polar surface area (TPSA) is 67.8 Å². The van der Waals surface area contributed by atoms with Crippen LogP contribution in [0.1, 0.15) is 12.8 Å². The quantitative estimate of drug-likeness (QED) is 0.850. The number of carbonyl (C=O) groups is 1. The van der Waals surface area contributed by atoms with E-state index in [2.05, 4.69) is 5.32 Å². The van der Waals surface area contributed by atoms with E-state index in [1.54, 1.807) is 6.07 Å². The summed E-state index contributed by atoms with van der Waals surface area (Å²) in [5.74, 6) is 0.833. The van der Waals surface area contributed by atoms with Gasteiger partial charge in [0.1, 0.15) is 19.3 Å². The summed E-state index contributed by atoms with van der Waals surface area (Å²) in [6.45, 7) is 1.08. The maximum atomic E-state index is 11.2. The van der Waals surface area contributed by atoms with Crippen molar-refractivity contribution in [2.24, 2.45) is 5.92 Å². The molecule has 1 aromatic carbocycles. The second-order valence-corrected chi connectivity index (χ2v) is 4.66. The van der Waals surface area contributed by atoms with Crippen LogP contribution in [0.5, 0.6) is 11.5 Å². The number of nitrogens with one attached hydrogen (secondary N) is 1. The minimum absolute atomic E-state index is 0.246. The molecule has 1 aliphatic heterocycles. The molecule has 18 heavy (non-hydrogen) atoms. The average Bonchev–Trinajstić information content (AvgIpc) is 3.19. The molecule has 1 aliphatic carbocycles. The van der Waals surface area contributed by atoms with Crippen LogP contribution in [0.2, 0.25) is 0 Å². The number of aliphatic carboxylic acids is 1. The predicted molar refractivity (Wildman–Crippen MR) is 65.2 cm³/mol. The van der Waals surface area contributed by atoms with Gasteiger partial charge in [-0.05, 0) is 30.9 Å². The largest absolute Gasteiger partial charge is 0.486 e. The number of carboxylic acid groups (broad SMARTS) is 1. The lowest BCUT2D eigenvalue weighted by Crippen LogP contribution is -2.31. The number of fused-ring (bicyclic) bond motifs is 1. The molecule has 1 aromatic rings. The van der Waals surface area contributed by atoms with Crippen LogP contribution in [0.25, 0.3) is 0 Å². The van der Waals surface area contributed by atoms with E-state index < -0.39 is 12.0 Å². The van der Waals surface area contributed by atoms with Crippen LogP contribution < -0.4 is 14.8 Å². The third-order valence-electron chi connectivity index (χ3n) is 3.22. The van der Waals surface area contributed by atoms with Gasteiger partial charge in [-0.15, -0.1) is 0 Å². The third-order valence-corrected chi connectivity index (χ3v) is 3.22. The summed E-state index contributed by atoms with van der Waals surface area (Å²) in [5.41, 5.74) is 0.763. The summed E-state index contributed by atoms with van der Waals surface area (Å²) >= 11 is 0. The van der Waals surface area contributed by atoms with Crippen LogP contribution in [0.4, 0.5) is 5.69 Å². The van der Waals surface area contributed by atoms with E-state index >= 15 is 0 Å². The SMILES string of the molecule is O=C(O)C(Nc1ccc2c(c1)OCCO2)C1CC1. The number of ether oxygens (including phenoxy) is 2. The lowest BCUT2D eigenvalue weighted by Gasteiger charge is -2.20. The first-order valence-electron chi connectivity index (χ1n) is 6.13. The third kappa shape index (κ3) is 2.20. The smallest absolute Gasteiger partial charge is 0.326 e. The van der Waals surface area contributed by atoms with Gasteiger partial charge in [-0.1, -0.05) is 0 Å². The van der Waals surface area contributed by atoms with Crippen LogP contribution >= 0.6 is 0 Å². The highest BCUT2D eigenvalue weighted by Gasteiger charge is 2.36. The highest BCUT2D eigenvalue weighted by atomic mass is 16.6. The van der Waals surface area contributed by atoms with Crippen LogP contribution in [0.15, 0.2) is 18.2 Å². The first-order chi connectivity index (χ1) is 8.74. The zero-order valence-corrected chi connectivity index (χ0v) is 9.89. The van der Waals surface area contributed by atoms with Crippen molar-refractivity contribution in [3.8, 4) is 11.5 Å². The zero-order chi connectivity index (χ0) is 12.5. The Morgan fingerprint density at radius 1 is 1.28 bits per heavy atom. The molecule has 5 heteroatoms. The molecule has 0 bridgehead atoms. The molecule has 0 amide bonds. The summed E-state index contributed by atoms with van der Waals surface area (Å²) in [5, 5.41) is 12.2. The normalized spacial score (nSPS) is 19.1. The molecule has 1 heterocycles. The Hall–Kier alpha value is -1.91. The summed E-state index contributed by atoms with van der Waals surface area (Å²) in [7, 11) is 0. The molecule has 5 nitrogen and oxygen atoms in total. The highest BCUT2D eigenvalue weighted by Crippen LogP contribution is 2.36. The van der Waals surface area contributed by atoms with Crippen molar-refractivity contribution in [1.82, 2.24) is 0 Å². The molecule has 2 aliphatic rings. The summed E-state index contributed by atoms with van der Waals surface area (Å²) in [6, 6.07) is 4.92. The van der Waals surface area contributed by atoms with Gasteiger partial charge in [0.05, 0.1) is 0 Å². The van der Waals surface area contributed by atoms with Crippen molar-refractivity contribution >= 4 is 11.7 Å². The minimum atomic E-state index is -0.799. The van der Waals surface area contributed by atoms with Crippen LogP contribution in [-0.4, -0.2) is 30.3 Å². The van der Waals surface area contributed by atoms with E-state index in [9.17, 15) is 4.79 Å². The lowest BCUT2D eigenvalue weighted by molar-refractivity contribution is -0.138. The van der Waals surface area contributed by atoms with E-state index in [0.29, 0.717) is 24.7 Å². The molecule has 0 saturated heterocycles. The maximum absolute atomic E-state index is 11.2. The Bertz CT molecular complexity index is 470. The second-order valence-electron chi connectivity index (χ2n) is 4.66. The predicted octanol–water partition coefficient (Wildman–Crippen LogP) is 1.73. The number of anilines is 1. The number of rotatable bonds is 4. The molecule has 1 atom stereocenters. The standard InChI is InChI=1S/C13H15NO4/c15-13(16)12(8-1-2-8)14-9-3-4-10-11(7-9)18-6-5-17-10/h3-4,7-8,12,14H,1-2,5-6H2,(H,15,16). The molecule has 1 saturated carbocycles. The fourth-order valence-electron chi connectivity index (χ4n) is 2.12. The van der Waals surface area contributed by atoms with Crippen LogP contribution in [0.3, 0.4) is 0 Å². The van der Waals surface area contributed by atoms with Gasteiger partial charge in [0.25, 0.3) is 0 Å². The molecule has 3 rings (SSSR count). The van der Waals surface area contributed by atoms with Gasteiger partial charge in [-0.25, -0.2) is 4.79 Å². The Morgan fingerprint density at radius 3 is 2.67 bits per heavy atom. The molecule has 96 valence electrons. The zero-order valence-electron chi connectivity index (χ0n) is 9.89. The van der Waals surface area contributed by atoms with Crippen molar-refractivity contribution in [1.29, 1.82) is 0 Å². The van der Waals surface area contributed by atoms with Gasteiger partial charge in [0.15, 0.2) is 11.5 Å². The first kappa shape index (κ1) is 11.2. The maximum Gasteiger partial charge on any atom is 0.326 e. The van der Waals surface area contributed by atoms with Gasteiger partial charge in [0, 0.05) is 11.8 Å². The Labute approximate surface area is 105 Å². The van der Waals surface area contributed by atoms with Gasteiger partial charge in [-0.2, -0.15) is 0 Å². The minimum Gasteiger partial charge on any atom is -0.486 e. The molecule has 0 radical (unpaired) electrons. The Morgan fingerprint density at radius 2 is 2.00 bits per heavy atom. The van der Waals surface area contributed by atoms with Gasteiger partial charge >= 0.3 is 5.97 Å². The fraction of sp³-hybridized carbons (Fsp3) is 0.462. The van der Waals surface area contributed by atoms with Crippen molar-refractivity contribution in [2.45, 2.75) is 18.9 Å². The van der Waals surface area contributed by atoms with Crippen LogP contribution in [0, 0.1) is 5.92 Å². The first-order valence-corrected chi connectivity index (χ1v) is 6.13. The Balaban J connectivity index is 1.77. The molecule has 1 fully saturated rings. The van der Waals surface area contributed by atoms with Gasteiger partial charge in [0.2, 0.25) is 0 Å². The summed E-state index contributed by atoms with van der Waals surface area (Å²) in [4.78, 5) is 11.2. The van der Waals surface area contributed by atoms with Gasteiger partial charge in [-0.3, -0.25) is 0 Å². The van der Waals surface area contributed by atoms with Crippen molar-refractivity contribution < 1.29 is 19.4 Å². The summed E-state index contributed by atoms with van der Waals surface area (Å²) in [6.07, 6.45) is 1.96. The highest BCUT2D eigenvalue weighted by molar-refractivity contribution is 5.78. The monoisotopic (exact) mass is 249 g/mol. The van der Waals surface area contributed by atoms with Crippen LogP contribution in [-0.2, 0) is 4.79 Å². The van der Waals surface area contributed by atoms with Crippen molar-refractivity contribution in [3.63, 3.8) is 0 Å². The van der Waals surface area contributed by atoms with Crippen molar-refractivity contribution in [3.05, 3.63) is 18.2 Å². The molecular weight excluding hydrogens is 234 g/mol. The molecule has 1 unspecified atom stereocenters. The Kier molecular flexibility index (Phi) is 2.74. The van der Waals surface area contributed by atoms with E-state index in [4.69, 9.17) is 14.6 Å². The van der Waals surface area contributed by atoms with E-state index in [0.717, 1.165) is 18.5 Å². The number of hydrogen-bond acceptors (Lipinski definition) is 4. The van der Waals surface area contributed by atoms with E-state index in [1.807, 2.05) is 12.1 Å². The number of hydrogen-bond donors (Lipinski definition) is 2. The van der Waals surface area contributed by atoms with Crippen molar-refractivity contribution in [2.75, 3.05) is 18.5 Å². The fourth-order valence-corrected chi connectivity index (χ4v) is 2.12. The molecule has 2 N–H and O–H groups in total. The molecule has 0 spiro atoms. The van der Waals surface area contributed by atoms with E-state index in [-0.39, 0.29) is 5.92 Å². The second kappa shape index (κ2) is 4.40.